The van der Waals surface area contributed by atoms with Gasteiger partial charge in [-0.3, -0.25) is 28.8 Å². The Balaban J connectivity index is 1.85. The summed E-state index contributed by atoms with van der Waals surface area (Å²) in [6, 6.07) is 4.37. The number of nitro groups is 1. The highest BCUT2D eigenvalue weighted by molar-refractivity contribution is 5.97. The van der Waals surface area contributed by atoms with E-state index < -0.39 is 27.8 Å². The first-order valence-electron chi connectivity index (χ1n) is 9.05. The molecule has 2 aromatic rings. The van der Waals surface area contributed by atoms with Crippen LogP contribution in [0.4, 0.5) is 5.69 Å². The molecule has 0 radical (unpaired) electrons. The summed E-state index contributed by atoms with van der Waals surface area (Å²) in [4.78, 5) is 46.4. The summed E-state index contributed by atoms with van der Waals surface area (Å²) in [5.41, 5.74) is -1.24. The highest BCUT2D eigenvalue weighted by atomic mass is 16.6. The second kappa shape index (κ2) is 9.18. The van der Waals surface area contributed by atoms with Gasteiger partial charge in [-0.15, -0.1) is 0 Å². The van der Waals surface area contributed by atoms with Gasteiger partial charge in [0.05, 0.1) is 11.5 Å². The fourth-order valence-corrected chi connectivity index (χ4v) is 2.86. The molecule has 0 spiro atoms. The molecule has 29 heavy (non-hydrogen) atoms. The zero-order chi connectivity index (χ0) is 21.7. The molecule has 1 heterocycles. The predicted octanol–water partition coefficient (Wildman–Crippen LogP) is 1.83. The van der Waals surface area contributed by atoms with Gasteiger partial charge in [0, 0.05) is 32.6 Å². The molecule has 1 N–H and O–H groups in total. The van der Waals surface area contributed by atoms with Crippen molar-refractivity contribution in [3.63, 3.8) is 0 Å². The van der Waals surface area contributed by atoms with Crippen molar-refractivity contribution in [1.29, 1.82) is 0 Å². The Morgan fingerprint density at radius 1 is 1.17 bits per heavy atom. The van der Waals surface area contributed by atoms with E-state index in [4.69, 9.17) is 4.74 Å². The second-order valence-electron chi connectivity index (χ2n) is 6.69. The quantitative estimate of drug-likeness (QED) is 0.291. The zero-order valence-corrected chi connectivity index (χ0v) is 16.5. The number of rotatable bonds is 9. The number of Topliss-reactive ketones (excluding diaryl/α,β-unsaturated/α-hetero) is 1. The minimum Gasteiger partial charge on any atom is -0.494 e. The number of hydrogen-bond acceptors (Lipinski definition) is 7. The van der Waals surface area contributed by atoms with E-state index in [2.05, 4.69) is 0 Å². The number of non-ortho nitro benzene ring substituents is 1. The molecule has 0 atom stereocenters. The standard InChI is InChI=1S/C19H23N3O7/c1-12-11-13(22(27)28)8-9-15(12)29-10-6-4-5-7-14(23)16-17(24)20(2)19(26)21(3)18(16)25/h8-9,11,24H,4-7,10H2,1-3H3. The number of aryl methyl sites for hydroxylation is 1. The fourth-order valence-electron chi connectivity index (χ4n) is 2.86. The van der Waals surface area contributed by atoms with Gasteiger partial charge in [-0.2, -0.15) is 0 Å². The molecule has 0 aliphatic carbocycles. The Hall–Kier alpha value is -3.43. The number of nitro benzene ring substituents is 1. The normalized spacial score (nSPS) is 10.7. The third-order valence-corrected chi connectivity index (χ3v) is 4.59. The molecular weight excluding hydrogens is 382 g/mol. The van der Waals surface area contributed by atoms with Crippen LogP contribution in [0.1, 0.15) is 41.6 Å². The molecule has 0 fully saturated rings. The molecule has 0 amide bonds. The van der Waals surface area contributed by atoms with Crippen molar-refractivity contribution in [2.45, 2.75) is 32.6 Å². The summed E-state index contributed by atoms with van der Waals surface area (Å²) in [6.45, 7) is 2.10. The first kappa shape index (κ1) is 21.9. The maximum Gasteiger partial charge on any atom is 0.333 e. The molecule has 1 aromatic heterocycles. The summed E-state index contributed by atoms with van der Waals surface area (Å²) >= 11 is 0. The van der Waals surface area contributed by atoms with Crippen molar-refractivity contribution >= 4 is 11.5 Å². The smallest absolute Gasteiger partial charge is 0.333 e. The monoisotopic (exact) mass is 405 g/mol. The van der Waals surface area contributed by atoms with E-state index in [1.165, 1.54) is 26.2 Å². The van der Waals surface area contributed by atoms with Crippen LogP contribution in [-0.2, 0) is 14.1 Å². The SMILES string of the molecule is Cc1cc([N+](=O)[O-])ccc1OCCCCCC(=O)c1c(O)n(C)c(=O)n(C)c1=O. The van der Waals surface area contributed by atoms with E-state index in [0.29, 0.717) is 37.2 Å². The Morgan fingerprint density at radius 3 is 2.48 bits per heavy atom. The Kier molecular flexibility index (Phi) is 6.92. The third-order valence-electron chi connectivity index (χ3n) is 4.59. The Bertz CT molecular complexity index is 1050. The summed E-state index contributed by atoms with van der Waals surface area (Å²) < 4.78 is 7.25. The van der Waals surface area contributed by atoms with Crippen LogP contribution in [0.3, 0.4) is 0 Å². The molecule has 10 nitrogen and oxygen atoms in total. The molecule has 1 aromatic carbocycles. The van der Waals surface area contributed by atoms with Gasteiger partial charge in [-0.1, -0.05) is 0 Å². The lowest BCUT2D eigenvalue weighted by Crippen LogP contribution is -2.39. The molecule has 0 saturated heterocycles. The van der Waals surface area contributed by atoms with Crippen molar-refractivity contribution in [2.75, 3.05) is 6.61 Å². The summed E-state index contributed by atoms with van der Waals surface area (Å²) in [5.74, 6) is -0.587. The van der Waals surface area contributed by atoms with Crippen molar-refractivity contribution in [3.8, 4) is 11.6 Å². The van der Waals surface area contributed by atoms with Gasteiger partial charge in [-0.25, -0.2) is 4.79 Å². The van der Waals surface area contributed by atoms with E-state index in [1.807, 2.05) is 0 Å². The van der Waals surface area contributed by atoms with Gasteiger partial charge in [0.15, 0.2) is 5.78 Å². The van der Waals surface area contributed by atoms with E-state index in [-0.39, 0.29) is 17.7 Å². The number of carbonyl (C=O) groups excluding carboxylic acids is 1. The lowest BCUT2D eigenvalue weighted by atomic mass is 10.1. The molecule has 0 aliphatic heterocycles. The molecule has 0 saturated carbocycles. The lowest BCUT2D eigenvalue weighted by Gasteiger charge is -2.10. The molecule has 0 aliphatic rings. The molecule has 156 valence electrons. The maximum atomic E-state index is 12.3. The highest BCUT2D eigenvalue weighted by Gasteiger charge is 2.21. The van der Waals surface area contributed by atoms with Crippen LogP contribution in [0.15, 0.2) is 27.8 Å². The van der Waals surface area contributed by atoms with Crippen molar-refractivity contribution in [1.82, 2.24) is 9.13 Å². The maximum absolute atomic E-state index is 12.3. The molecule has 0 bridgehead atoms. The van der Waals surface area contributed by atoms with Crippen LogP contribution in [0.5, 0.6) is 11.6 Å². The number of ketones is 1. The number of aromatic nitrogens is 2. The third kappa shape index (κ3) is 4.89. The van der Waals surface area contributed by atoms with Crippen LogP contribution >= 0.6 is 0 Å². The van der Waals surface area contributed by atoms with Gasteiger partial charge >= 0.3 is 5.69 Å². The average molecular weight is 405 g/mol. The van der Waals surface area contributed by atoms with Crippen molar-refractivity contribution in [3.05, 3.63) is 60.3 Å². The summed E-state index contributed by atoms with van der Waals surface area (Å²) in [7, 11) is 2.53. The fraction of sp³-hybridized carbons (Fsp3) is 0.421. The number of carbonyl (C=O) groups is 1. The highest BCUT2D eigenvalue weighted by Crippen LogP contribution is 2.23. The van der Waals surface area contributed by atoms with Crippen LogP contribution in [0, 0.1) is 17.0 Å². The molecule has 10 heteroatoms. The number of aromatic hydroxyl groups is 1. The molecule has 0 unspecified atom stereocenters. The van der Waals surface area contributed by atoms with Crippen molar-refractivity contribution in [2.24, 2.45) is 14.1 Å². The van der Waals surface area contributed by atoms with Gasteiger partial charge in [0.1, 0.15) is 11.3 Å². The summed E-state index contributed by atoms with van der Waals surface area (Å²) in [6.07, 6.45) is 1.82. The molecule has 2 rings (SSSR count). The largest absolute Gasteiger partial charge is 0.494 e. The average Bonchev–Trinajstić information content (AvgIpc) is 2.68. The van der Waals surface area contributed by atoms with Gasteiger partial charge in [-0.05, 0) is 37.8 Å². The lowest BCUT2D eigenvalue weighted by molar-refractivity contribution is -0.384. The van der Waals surface area contributed by atoms with Gasteiger partial charge in [0.25, 0.3) is 11.2 Å². The van der Waals surface area contributed by atoms with Crippen LogP contribution in [0.25, 0.3) is 0 Å². The van der Waals surface area contributed by atoms with E-state index in [0.717, 1.165) is 9.13 Å². The summed E-state index contributed by atoms with van der Waals surface area (Å²) in [5, 5.41) is 20.7. The van der Waals surface area contributed by atoms with Crippen LogP contribution in [0.2, 0.25) is 0 Å². The van der Waals surface area contributed by atoms with E-state index in [1.54, 1.807) is 13.0 Å². The number of unbranched alkanes of at least 4 members (excludes halogenated alkanes) is 2. The number of ether oxygens (including phenoxy) is 1. The Morgan fingerprint density at radius 2 is 1.86 bits per heavy atom. The Labute approximate surface area is 166 Å². The van der Waals surface area contributed by atoms with Crippen LogP contribution in [-0.4, -0.2) is 31.6 Å². The van der Waals surface area contributed by atoms with Gasteiger partial charge in [0.2, 0.25) is 5.88 Å². The van der Waals surface area contributed by atoms with E-state index in [9.17, 15) is 29.6 Å². The number of benzene rings is 1. The zero-order valence-electron chi connectivity index (χ0n) is 16.5. The first-order valence-corrected chi connectivity index (χ1v) is 9.05. The predicted molar refractivity (Wildman–Crippen MR) is 105 cm³/mol. The number of hydrogen-bond donors (Lipinski definition) is 1. The van der Waals surface area contributed by atoms with Crippen LogP contribution < -0.4 is 16.0 Å². The minimum atomic E-state index is -0.812. The van der Waals surface area contributed by atoms with Crippen molar-refractivity contribution < 1.29 is 19.6 Å². The van der Waals surface area contributed by atoms with Gasteiger partial charge < -0.3 is 9.84 Å². The first-order chi connectivity index (χ1) is 13.6. The van der Waals surface area contributed by atoms with E-state index >= 15 is 0 Å². The molecular formula is C19H23N3O7. The minimum absolute atomic E-state index is 0.00108. The number of nitrogens with zero attached hydrogens (tertiary/aromatic N) is 3. The second-order valence-corrected chi connectivity index (χ2v) is 6.69. The topological polar surface area (TPSA) is 134 Å².